The van der Waals surface area contributed by atoms with E-state index in [1.165, 1.54) is 12.6 Å². The fourth-order valence-corrected chi connectivity index (χ4v) is 4.22. The Balaban J connectivity index is 1.46. The van der Waals surface area contributed by atoms with Crippen LogP contribution in [0.1, 0.15) is 23.6 Å². The van der Waals surface area contributed by atoms with Crippen LogP contribution >= 0.6 is 0 Å². The van der Waals surface area contributed by atoms with Gasteiger partial charge in [0.05, 0.1) is 16.7 Å². The first kappa shape index (κ1) is 21.4. The Morgan fingerprint density at radius 2 is 1.94 bits per heavy atom. The molecule has 1 saturated heterocycles. The maximum absolute atomic E-state index is 13.2. The number of rotatable bonds is 4. The van der Waals surface area contributed by atoms with E-state index in [0.29, 0.717) is 12.1 Å². The average Bonchev–Trinajstić information content (AvgIpc) is 2.73. The summed E-state index contributed by atoms with van der Waals surface area (Å²) in [5.74, 6) is 0. The zero-order valence-corrected chi connectivity index (χ0v) is 17.7. The number of nitrogens with zero attached hydrogens (tertiary/aromatic N) is 4. The standard InChI is InChI=1S/C22H26F3N5O/c1-3-28-6-4-5-17(14-28)30-9-7-29(8-10-30)13-16-11-18-20(26-12-16)15(2)19(21(31)27-18)22(23,24)25/h4-5,11-12,14H,3,6-10,13H2,1-2H3,(H,27,31). The fraction of sp³-hybridized carbons (Fsp3) is 0.455. The maximum atomic E-state index is 13.2. The average molecular weight is 433 g/mol. The third-order valence-corrected chi connectivity index (χ3v) is 5.93. The van der Waals surface area contributed by atoms with E-state index < -0.39 is 17.3 Å². The van der Waals surface area contributed by atoms with Crippen LogP contribution in [0.25, 0.3) is 11.0 Å². The van der Waals surface area contributed by atoms with Crippen LogP contribution in [0.4, 0.5) is 13.2 Å². The molecule has 4 heterocycles. The number of aromatic amines is 1. The van der Waals surface area contributed by atoms with Crippen LogP contribution in [0.2, 0.25) is 0 Å². The SMILES string of the molecule is CCN1C=C(N2CCN(Cc3cnc4c(C)c(C(F)(F)F)c(=O)[nH]c4c3)CC2)C=CC1. The number of nitrogens with one attached hydrogen (secondary N) is 1. The van der Waals surface area contributed by atoms with Gasteiger partial charge in [0.2, 0.25) is 0 Å². The van der Waals surface area contributed by atoms with Gasteiger partial charge in [-0.1, -0.05) is 6.08 Å². The second kappa shape index (κ2) is 8.37. The van der Waals surface area contributed by atoms with Crippen molar-refractivity contribution in [1.29, 1.82) is 0 Å². The van der Waals surface area contributed by atoms with Crippen molar-refractivity contribution < 1.29 is 13.2 Å². The lowest BCUT2D eigenvalue weighted by atomic mass is 10.1. The van der Waals surface area contributed by atoms with E-state index in [1.807, 2.05) is 0 Å². The molecule has 0 unspecified atom stereocenters. The number of pyridine rings is 2. The van der Waals surface area contributed by atoms with E-state index >= 15 is 0 Å². The number of hydrogen-bond donors (Lipinski definition) is 1. The van der Waals surface area contributed by atoms with Gasteiger partial charge in [0, 0.05) is 58.2 Å². The summed E-state index contributed by atoms with van der Waals surface area (Å²) in [4.78, 5) is 25.5. The monoisotopic (exact) mass is 433 g/mol. The molecule has 1 fully saturated rings. The Bertz CT molecular complexity index is 1080. The number of alkyl halides is 3. The number of aromatic nitrogens is 2. The molecule has 2 aromatic rings. The molecule has 31 heavy (non-hydrogen) atoms. The minimum absolute atomic E-state index is 0.138. The summed E-state index contributed by atoms with van der Waals surface area (Å²) in [6, 6.07) is 1.73. The minimum Gasteiger partial charge on any atom is -0.372 e. The predicted molar refractivity (Wildman–Crippen MR) is 113 cm³/mol. The zero-order valence-electron chi connectivity index (χ0n) is 17.7. The van der Waals surface area contributed by atoms with Crippen LogP contribution in [0.3, 0.4) is 0 Å². The summed E-state index contributed by atoms with van der Waals surface area (Å²) in [6.45, 7) is 9.54. The van der Waals surface area contributed by atoms with Gasteiger partial charge in [-0.05, 0) is 37.1 Å². The third-order valence-electron chi connectivity index (χ3n) is 5.93. The number of allylic oxidation sites excluding steroid dienone is 1. The third kappa shape index (κ3) is 4.46. The van der Waals surface area contributed by atoms with E-state index in [9.17, 15) is 18.0 Å². The molecule has 0 spiro atoms. The highest BCUT2D eigenvalue weighted by Crippen LogP contribution is 2.31. The predicted octanol–water partition coefficient (Wildman–Crippen LogP) is 3.10. The maximum Gasteiger partial charge on any atom is 0.422 e. The number of aryl methyl sites for hydroxylation is 1. The van der Waals surface area contributed by atoms with Gasteiger partial charge in [0.15, 0.2) is 0 Å². The molecule has 4 rings (SSSR count). The largest absolute Gasteiger partial charge is 0.422 e. The lowest BCUT2D eigenvalue weighted by molar-refractivity contribution is -0.139. The molecule has 6 nitrogen and oxygen atoms in total. The van der Waals surface area contributed by atoms with Crippen molar-refractivity contribution in [3.63, 3.8) is 0 Å². The normalized spacial score (nSPS) is 18.0. The lowest BCUT2D eigenvalue weighted by Crippen LogP contribution is -2.45. The molecular weight excluding hydrogens is 407 g/mol. The van der Waals surface area contributed by atoms with Crippen LogP contribution < -0.4 is 5.56 Å². The Morgan fingerprint density at radius 1 is 1.19 bits per heavy atom. The number of fused-ring (bicyclic) bond motifs is 1. The van der Waals surface area contributed by atoms with Crippen molar-refractivity contribution in [2.24, 2.45) is 0 Å². The van der Waals surface area contributed by atoms with Gasteiger partial charge in [0.1, 0.15) is 5.56 Å². The van der Waals surface area contributed by atoms with Crippen molar-refractivity contribution in [2.75, 3.05) is 39.3 Å². The molecule has 2 aliphatic rings. The Kier molecular flexibility index (Phi) is 5.79. The molecule has 0 atom stereocenters. The second-order valence-electron chi connectivity index (χ2n) is 8.00. The summed E-state index contributed by atoms with van der Waals surface area (Å²) in [5, 5.41) is 0. The van der Waals surface area contributed by atoms with E-state index in [2.05, 4.69) is 49.9 Å². The van der Waals surface area contributed by atoms with Crippen molar-refractivity contribution in [3.8, 4) is 0 Å². The highest BCUT2D eigenvalue weighted by atomic mass is 19.4. The quantitative estimate of drug-likeness (QED) is 0.803. The van der Waals surface area contributed by atoms with Crippen LogP contribution in [0.5, 0.6) is 0 Å². The Morgan fingerprint density at radius 3 is 2.61 bits per heavy atom. The Labute approximate surface area is 178 Å². The van der Waals surface area contributed by atoms with Gasteiger partial charge in [-0.3, -0.25) is 14.7 Å². The summed E-state index contributed by atoms with van der Waals surface area (Å²) < 4.78 is 39.5. The van der Waals surface area contributed by atoms with Gasteiger partial charge in [-0.25, -0.2) is 0 Å². The van der Waals surface area contributed by atoms with Gasteiger partial charge in [0.25, 0.3) is 5.56 Å². The van der Waals surface area contributed by atoms with E-state index in [0.717, 1.165) is 44.8 Å². The lowest BCUT2D eigenvalue weighted by Gasteiger charge is -2.38. The molecule has 0 bridgehead atoms. The molecule has 2 aromatic heterocycles. The molecule has 0 aromatic carbocycles. The van der Waals surface area contributed by atoms with Gasteiger partial charge < -0.3 is 14.8 Å². The van der Waals surface area contributed by atoms with Gasteiger partial charge in [-0.15, -0.1) is 0 Å². The summed E-state index contributed by atoms with van der Waals surface area (Å²) in [5.41, 5.74) is 0.171. The number of likely N-dealkylation sites (N-methyl/N-ethyl adjacent to an activating group) is 1. The van der Waals surface area contributed by atoms with Crippen LogP contribution in [-0.4, -0.2) is 63.9 Å². The van der Waals surface area contributed by atoms with Gasteiger partial charge in [-0.2, -0.15) is 13.2 Å². The molecular formula is C22H26F3N5O. The summed E-state index contributed by atoms with van der Waals surface area (Å²) >= 11 is 0. The topological polar surface area (TPSA) is 55.5 Å². The fourth-order valence-electron chi connectivity index (χ4n) is 4.22. The molecule has 1 N–H and O–H groups in total. The molecule has 2 aliphatic heterocycles. The Hall–Kier alpha value is -2.81. The molecule has 0 amide bonds. The molecule has 0 aliphatic carbocycles. The first-order valence-corrected chi connectivity index (χ1v) is 10.4. The van der Waals surface area contributed by atoms with E-state index in [1.54, 1.807) is 12.3 Å². The zero-order chi connectivity index (χ0) is 22.2. The van der Waals surface area contributed by atoms with Crippen LogP contribution in [-0.2, 0) is 12.7 Å². The smallest absolute Gasteiger partial charge is 0.372 e. The first-order valence-electron chi connectivity index (χ1n) is 10.4. The number of H-pyrrole nitrogens is 1. The molecule has 9 heteroatoms. The van der Waals surface area contributed by atoms with Gasteiger partial charge >= 0.3 is 6.18 Å². The van der Waals surface area contributed by atoms with Crippen LogP contribution in [0, 0.1) is 6.92 Å². The molecule has 166 valence electrons. The van der Waals surface area contributed by atoms with Crippen LogP contribution in [0.15, 0.2) is 41.1 Å². The molecule has 0 radical (unpaired) electrons. The van der Waals surface area contributed by atoms with Crippen molar-refractivity contribution in [2.45, 2.75) is 26.6 Å². The van der Waals surface area contributed by atoms with Crippen molar-refractivity contribution >= 4 is 11.0 Å². The van der Waals surface area contributed by atoms with Crippen molar-refractivity contribution in [1.82, 2.24) is 24.7 Å². The molecule has 0 saturated carbocycles. The van der Waals surface area contributed by atoms with Crippen molar-refractivity contribution in [3.05, 3.63) is 63.4 Å². The highest BCUT2D eigenvalue weighted by Gasteiger charge is 2.36. The number of hydrogen-bond acceptors (Lipinski definition) is 5. The number of halogens is 3. The summed E-state index contributed by atoms with van der Waals surface area (Å²) in [6.07, 6.45) is 3.45. The first-order chi connectivity index (χ1) is 14.8. The summed E-state index contributed by atoms with van der Waals surface area (Å²) in [7, 11) is 0. The van der Waals surface area contributed by atoms with E-state index in [4.69, 9.17) is 0 Å². The number of piperazine rings is 1. The second-order valence-corrected chi connectivity index (χ2v) is 8.00. The van der Waals surface area contributed by atoms with E-state index in [-0.39, 0.29) is 11.1 Å². The highest BCUT2D eigenvalue weighted by molar-refractivity contribution is 5.79. The minimum atomic E-state index is -4.71.